The molecule has 2 atom stereocenters. The SMILES string of the molecule is CCCCCC1CC(CCCC)OC1=O. The number of esters is 1. The number of hydrogen-bond donors (Lipinski definition) is 0. The highest BCUT2D eigenvalue weighted by Crippen LogP contribution is 2.28. The van der Waals surface area contributed by atoms with E-state index in [0.717, 1.165) is 19.3 Å². The molecule has 1 fully saturated rings. The first-order valence-corrected chi connectivity index (χ1v) is 6.48. The first-order valence-electron chi connectivity index (χ1n) is 6.48. The molecular formula is C13H24O2. The van der Waals surface area contributed by atoms with Crippen LogP contribution in [0.3, 0.4) is 0 Å². The number of unbranched alkanes of at least 4 members (excludes halogenated alkanes) is 3. The molecule has 0 aromatic heterocycles. The quantitative estimate of drug-likeness (QED) is 0.475. The first kappa shape index (κ1) is 12.5. The van der Waals surface area contributed by atoms with Crippen molar-refractivity contribution in [2.24, 2.45) is 5.92 Å². The van der Waals surface area contributed by atoms with E-state index in [1.54, 1.807) is 0 Å². The molecule has 0 N–H and O–H groups in total. The Balaban J connectivity index is 2.20. The van der Waals surface area contributed by atoms with E-state index < -0.39 is 0 Å². The molecule has 0 aliphatic carbocycles. The van der Waals surface area contributed by atoms with Gasteiger partial charge < -0.3 is 4.74 Å². The standard InChI is InChI=1S/C13H24O2/c1-3-5-7-8-11-10-12(9-6-4-2)15-13(11)14/h11-12H,3-10H2,1-2H3. The summed E-state index contributed by atoms with van der Waals surface area (Å²) < 4.78 is 5.37. The maximum absolute atomic E-state index is 11.5. The van der Waals surface area contributed by atoms with Gasteiger partial charge in [-0.2, -0.15) is 0 Å². The molecule has 1 rings (SSSR count). The van der Waals surface area contributed by atoms with Crippen molar-refractivity contribution in [3.8, 4) is 0 Å². The van der Waals surface area contributed by atoms with Crippen LogP contribution in [0.25, 0.3) is 0 Å². The summed E-state index contributed by atoms with van der Waals surface area (Å²) in [5.74, 6) is 0.269. The van der Waals surface area contributed by atoms with Crippen molar-refractivity contribution in [1.29, 1.82) is 0 Å². The summed E-state index contributed by atoms with van der Waals surface area (Å²) in [5.41, 5.74) is 0. The second kappa shape index (κ2) is 6.86. The van der Waals surface area contributed by atoms with Gasteiger partial charge in [-0.05, 0) is 19.3 Å². The van der Waals surface area contributed by atoms with Gasteiger partial charge in [0.05, 0.1) is 5.92 Å². The fourth-order valence-electron chi connectivity index (χ4n) is 2.21. The van der Waals surface area contributed by atoms with Crippen LogP contribution in [0.2, 0.25) is 0 Å². The van der Waals surface area contributed by atoms with Gasteiger partial charge in [-0.3, -0.25) is 4.79 Å². The van der Waals surface area contributed by atoms with Gasteiger partial charge in [0.25, 0.3) is 0 Å². The van der Waals surface area contributed by atoms with Crippen molar-refractivity contribution >= 4 is 5.97 Å². The van der Waals surface area contributed by atoms with E-state index in [4.69, 9.17) is 4.74 Å². The molecule has 0 saturated carbocycles. The molecule has 15 heavy (non-hydrogen) atoms. The van der Waals surface area contributed by atoms with Crippen molar-refractivity contribution < 1.29 is 9.53 Å². The molecule has 1 aliphatic heterocycles. The second-order valence-electron chi connectivity index (χ2n) is 4.63. The Labute approximate surface area is 93.4 Å². The molecule has 1 aliphatic rings. The summed E-state index contributed by atoms with van der Waals surface area (Å²) in [7, 11) is 0. The van der Waals surface area contributed by atoms with Crippen molar-refractivity contribution in [2.45, 2.75) is 71.3 Å². The summed E-state index contributed by atoms with van der Waals surface area (Å²) in [6, 6.07) is 0. The predicted molar refractivity (Wildman–Crippen MR) is 61.7 cm³/mol. The molecule has 2 unspecified atom stereocenters. The van der Waals surface area contributed by atoms with Gasteiger partial charge in [0.2, 0.25) is 0 Å². The summed E-state index contributed by atoms with van der Waals surface area (Å²) >= 11 is 0. The van der Waals surface area contributed by atoms with Crippen molar-refractivity contribution in [3.63, 3.8) is 0 Å². The number of carbonyl (C=O) groups is 1. The third-order valence-corrected chi connectivity index (χ3v) is 3.20. The highest BCUT2D eigenvalue weighted by molar-refractivity contribution is 5.74. The van der Waals surface area contributed by atoms with E-state index >= 15 is 0 Å². The molecule has 1 saturated heterocycles. The smallest absolute Gasteiger partial charge is 0.309 e. The topological polar surface area (TPSA) is 26.3 Å². The third-order valence-electron chi connectivity index (χ3n) is 3.20. The minimum Gasteiger partial charge on any atom is -0.462 e. The molecule has 0 radical (unpaired) electrons. The lowest BCUT2D eigenvalue weighted by atomic mass is 9.96. The van der Waals surface area contributed by atoms with Crippen LogP contribution in [-0.2, 0) is 9.53 Å². The normalized spacial score (nSPS) is 25.6. The Hall–Kier alpha value is -0.530. The molecular weight excluding hydrogens is 188 g/mol. The highest BCUT2D eigenvalue weighted by atomic mass is 16.5. The van der Waals surface area contributed by atoms with Crippen LogP contribution in [0.4, 0.5) is 0 Å². The van der Waals surface area contributed by atoms with Crippen LogP contribution < -0.4 is 0 Å². The number of hydrogen-bond acceptors (Lipinski definition) is 2. The molecule has 0 aromatic carbocycles. The molecule has 0 aromatic rings. The molecule has 2 heteroatoms. The van der Waals surface area contributed by atoms with E-state index in [-0.39, 0.29) is 18.0 Å². The van der Waals surface area contributed by atoms with Gasteiger partial charge >= 0.3 is 5.97 Å². The van der Waals surface area contributed by atoms with Crippen LogP contribution in [0, 0.1) is 5.92 Å². The summed E-state index contributed by atoms with van der Waals surface area (Å²) in [4.78, 5) is 11.5. The predicted octanol–water partition coefficient (Wildman–Crippen LogP) is 3.69. The Kier molecular flexibility index (Phi) is 5.74. The fourth-order valence-corrected chi connectivity index (χ4v) is 2.21. The zero-order chi connectivity index (χ0) is 11.1. The second-order valence-corrected chi connectivity index (χ2v) is 4.63. The summed E-state index contributed by atoms with van der Waals surface area (Å²) in [6.07, 6.45) is 9.31. The first-order chi connectivity index (χ1) is 7.27. The van der Waals surface area contributed by atoms with E-state index in [1.165, 1.54) is 32.1 Å². The van der Waals surface area contributed by atoms with Gasteiger partial charge in [-0.1, -0.05) is 46.0 Å². The third kappa shape index (κ3) is 4.23. The summed E-state index contributed by atoms with van der Waals surface area (Å²) in [5, 5.41) is 0. The lowest BCUT2D eigenvalue weighted by Gasteiger charge is -2.06. The monoisotopic (exact) mass is 212 g/mol. The zero-order valence-electron chi connectivity index (χ0n) is 10.1. The lowest BCUT2D eigenvalue weighted by Crippen LogP contribution is -2.07. The van der Waals surface area contributed by atoms with Crippen LogP contribution >= 0.6 is 0 Å². The van der Waals surface area contributed by atoms with Gasteiger partial charge in [0, 0.05) is 0 Å². The fraction of sp³-hybridized carbons (Fsp3) is 0.923. The molecule has 88 valence electrons. The maximum Gasteiger partial charge on any atom is 0.309 e. The maximum atomic E-state index is 11.5. The lowest BCUT2D eigenvalue weighted by molar-refractivity contribution is -0.144. The van der Waals surface area contributed by atoms with Crippen LogP contribution in [0.1, 0.15) is 65.2 Å². The Bertz CT molecular complexity index is 189. The van der Waals surface area contributed by atoms with Crippen LogP contribution in [0.15, 0.2) is 0 Å². The Morgan fingerprint density at radius 1 is 1.13 bits per heavy atom. The van der Waals surface area contributed by atoms with Gasteiger partial charge in [-0.25, -0.2) is 0 Å². The number of ether oxygens (including phenoxy) is 1. The van der Waals surface area contributed by atoms with E-state index in [1.807, 2.05) is 0 Å². The van der Waals surface area contributed by atoms with Crippen LogP contribution in [-0.4, -0.2) is 12.1 Å². The van der Waals surface area contributed by atoms with Crippen molar-refractivity contribution in [1.82, 2.24) is 0 Å². The Morgan fingerprint density at radius 3 is 2.53 bits per heavy atom. The minimum absolute atomic E-state index is 0.0622. The zero-order valence-corrected chi connectivity index (χ0v) is 10.1. The number of cyclic esters (lactones) is 1. The van der Waals surface area contributed by atoms with E-state index in [9.17, 15) is 4.79 Å². The van der Waals surface area contributed by atoms with Crippen LogP contribution in [0.5, 0.6) is 0 Å². The molecule has 0 bridgehead atoms. The number of carbonyl (C=O) groups excluding carboxylic acids is 1. The Morgan fingerprint density at radius 2 is 1.87 bits per heavy atom. The number of rotatable bonds is 7. The van der Waals surface area contributed by atoms with Gasteiger partial charge in [0.15, 0.2) is 0 Å². The van der Waals surface area contributed by atoms with E-state index in [0.29, 0.717) is 0 Å². The summed E-state index contributed by atoms with van der Waals surface area (Å²) in [6.45, 7) is 4.37. The van der Waals surface area contributed by atoms with Gasteiger partial charge in [0.1, 0.15) is 6.10 Å². The molecule has 2 nitrogen and oxygen atoms in total. The van der Waals surface area contributed by atoms with Gasteiger partial charge in [-0.15, -0.1) is 0 Å². The molecule has 0 amide bonds. The molecule has 0 spiro atoms. The molecule has 1 heterocycles. The average Bonchev–Trinajstić information content (AvgIpc) is 2.57. The van der Waals surface area contributed by atoms with Crippen molar-refractivity contribution in [2.75, 3.05) is 0 Å². The largest absolute Gasteiger partial charge is 0.462 e. The van der Waals surface area contributed by atoms with E-state index in [2.05, 4.69) is 13.8 Å². The minimum atomic E-state index is 0.0622. The highest BCUT2D eigenvalue weighted by Gasteiger charge is 2.33. The van der Waals surface area contributed by atoms with Crippen molar-refractivity contribution in [3.05, 3.63) is 0 Å². The average molecular weight is 212 g/mol.